The molecule has 0 aromatic heterocycles. The van der Waals surface area contributed by atoms with Crippen molar-refractivity contribution in [1.29, 1.82) is 0 Å². The largest absolute Gasteiger partial charge is 0.317 e. The van der Waals surface area contributed by atoms with Crippen molar-refractivity contribution in [2.75, 3.05) is 13.1 Å². The number of Topliss-reactive ketones (excluding diaryl/α,β-unsaturated/α-hetero) is 1. The number of benzene rings is 1. The Morgan fingerprint density at radius 2 is 2.11 bits per heavy atom. The number of ketones is 1. The van der Waals surface area contributed by atoms with Crippen LogP contribution in [-0.2, 0) is 11.2 Å². The molecule has 0 radical (unpaired) electrons. The highest BCUT2D eigenvalue weighted by atomic mass is 79.9. The van der Waals surface area contributed by atoms with Gasteiger partial charge in [0.05, 0.1) is 4.47 Å². The molecule has 1 aromatic carbocycles. The smallest absolute Gasteiger partial charge is 0.143 e. The molecule has 1 N–H and O–H groups in total. The van der Waals surface area contributed by atoms with Gasteiger partial charge in [-0.15, -0.1) is 0 Å². The summed E-state index contributed by atoms with van der Waals surface area (Å²) in [5.41, 5.74) is 0.521. The molecule has 0 spiro atoms. The lowest BCUT2D eigenvalue weighted by Gasteiger charge is -2.35. The van der Waals surface area contributed by atoms with E-state index in [0.29, 0.717) is 10.9 Å². The molecule has 2 nitrogen and oxygen atoms in total. The SMILES string of the molecule is CCC1(C(=O)Cc2cccc(F)c2Br)CCNCC1. The first kappa shape index (κ1) is 14.7. The van der Waals surface area contributed by atoms with Crippen LogP contribution < -0.4 is 5.32 Å². The minimum absolute atomic E-state index is 0.225. The van der Waals surface area contributed by atoms with Gasteiger partial charge in [0, 0.05) is 11.8 Å². The molecule has 0 amide bonds. The van der Waals surface area contributed by atoms with Crippen LogP contribution in [0.2, 0.25) is 0 Å². The Morgan fingerprint density at radius 3 is 2.74 bits per heavy atom. The molecule has 2 rings (SSSR count). The number of halogens is 2. The average Bonchev–Trinajstić information content (AvgIpc) is 2.44. The average molecular weight is 328 g/mol. The minimum atomic E-state index is -0.304. The van der Waals surface area contributed by atoms with Crippen molar-refractivity contribution in [3.63, 3.8) is 0 Å². The first-order valence-corrected chi connectivity index (χ1v) is 7.55. The van der Waals surface area contributed by atoms with E-state index < -0.39 is 0 Å². The molecule has 4 heteroatoms. The molecule has 1 aliphatic heterocycles. The van der Waals surface area contributed by atoms with Crippen LogP contribution in [0.4, 0.5) is 4.39 Å². The first-order chi connectivity index (χ1) is 9.09. The lowest BCUT2D eigenvalue weighted by molar-refractivity contribution is -0.129. The molecule has 1 aliphatic rings. The van der Waals surface area contributed by atoms with Gasteiger partial charge < -0.3 is 5.32 Å². The van der Waals surface area contributed by atoms with Gasteiger partial charge in [0.15, 0.2) is 0 Å². The van der Waals surface area contributed by atoms with Crippen LogP contribution in [0.5, 0.6) is 0 Å². The molecule has 19 heavy (non-hydrogen) atoms. The Hall–Kier alpha value is -0.740. The molecule has 1 heterocycles. The fourth-order valence-electron chi connectivity index (χ4n) is 2.78. The number of nitrogens with one attached hydrogen (secondary N) is 1. The highest BCUT2D eigenvalue weighted by Gasteiger charge is 2.37. The summed E-state index contributed by atoms with van der Waals surface area (Å²) in [6.07, 6.45) is 2.94. The van der Waals surface area contributed by atoms with E-state index in [1.807, 2.05) is 6.07 Å². The van der Waals surface area contributed by atoms with Crippen LogP contribution in [0.1, 0.15) is 31.7 Å². The Balaban J connectivity index is 2.17. The maximum Gasteiger partial charge on any atom is 0.143 e. The predicted octanol–water partition coefficient (Wildman–Crippen LogP) is 3.48. The molecule has 0 saturated carbocycles. The number of rotatable bonds is 4. The fourth-order valence-corrected chi connectivity index (χ4v) is 3.18. The normalized spacial score (nSPS) is 18.3. The summed E-state index contributed by atoms with van der Waals surface area (Å²) in [6, 6.07) is 4.87. The van der Waals surface area contributed by atoms with Crippen molar-refractivity contribution in [1.82, 2.24) is 5.32 Å². The molecule has 104 valence electrons. The van der Waals surface area contributed by atoms with Crippen LogP contribution in [-0.4, -0.2) is 18.9 Å². The van der Waals surface area contributed by atoms with Crippen LogP contribution >= 0.6 is 15.9 Å². The van der Waals surface area contributed by atoms with E-state index >= 15 is 0 Å². The monoisotopic (exact) mass is 327 g/mol. The van der Waals surface area contributed by atoms with E-state index in [0.717, 1.165) is 37.9 Å². The van der Waals surface area contributed by atoms with Crippen molar-refractivity contribution in [2.45, 2.75) is 32.6 Å². The standard InChI is InChI=1S/C15H19BrFNO/c1-2-15(6-8-18-9-7-15)13(19)10-11-4-3-5-12(17)14(11)16/h3-5,18H,2,6-10H2,1H3. The van der Waals surface area contributed by atoms with Crippen LogP contribution in [0.3, 0.4) is 0 Å². The van der Waals surface area contributed by atoms with Gasteiger partial charge in [-0.1, -0.05) is 19.1 Å². The lowest BCUT2D eigenvalue weighted by Crippen LogP contribution is -2.42. The molecule has 1 saturated heterocycles. The van der Waals surface area contributed by atoms with E-state index in [4.69, 9.17) is 0 Å². The van der Waals surface area contributed by atoms with E-state index in [2.05, 4.69) is 28.2 Å². The number of carbonyl (C=O) groups is 1. The van der Waals surface area contributed by atoms with Crippen molar-refractivity contribution in [3.05, 3.63) is 34.1 Å². The summed E-state index contributed by atoms with van der Waals surface area (Å²) in [4.78, 5) is 12.6. The summed E-state index contributed by atoms with van der Waals surface area (Å²) in [6.45, 7) is 3.86. The van der Waals surface area contributed by atoms with Gasteiger partial charge in [0.25, 0.3) is 0 Å². The van der Waals surface area contributed by atoms with Gasteiger partial charge in [-0.2, -0.15) is 0 Å². The van der Waals surface area contributed by atoms with E-state index in [1.165, 1.54) is 6.07 Å². The number of piperidine rings is 1. The quantitative estimate of drug-likeness (QED) is 0.917. The number of hydrogen-bond donors (Lipinski definition) is 1. The maximum absolute atomic E-state index is 13.5. The molecular weight excluding hydrogens is 309 g/mol. The molecule has 0 atom stereocenters. The van der Waals surface area contributed by atoms with Gasteiger partial charge in [0.1, 0.15) is 11.6 Å². The lowest BCUT2D eigenvalue weighted by atomic mass is 9.72. The van der Waals surface area contributed by atoms with E-state index in [1.54, 1.807) is 6.07 Å². The molecule has 0 aliphatic carbocycles. The third-order valence-electron chi connectivity index (χ3n) is 4.21. The van der Waals surface area contributed by atoms with Crippen molar-refractivity contribution < 1.29 is 9.18 Å². The highest BCUT2D eigenvalue weighted by Crippen LogP contribution is 2.35. The van der Waals surface area contributed by atoms with Crippen molar-refractivity contribution in [2.24, 2.45) is 5.41 Å². The molecule has 0 unspecified atom stereocenters. The second kappa shape index (κ2) is 6.14. The molecule has 1 fully saturated rings. The summed E-state index contributed by atoms with van der Waals surface area (Å²) >= 11 is 3.23. The van der Waals surface area contributed by atoms with Crippen LogP contribution in [0.15, 0.2) is 22.7 Å². The van der Waals surface area contributed by atoms with Crippen LogP contribution in [0.25, 0.3) is 0 Å². The van der Waals surface area contributed by atoms with Gasteiger partial charge >= 0.3 is 0 Å². The van der Waals surface area contributed by atoms with Crippen LogP contribution in [0, 0.1) is 11.2 Å². The third kappa shape index (κ3) is 3.06. The zero-order chi connectivity index (χ0) is 13.9. The minimum Gasteiger partial charge on any atom is -0.317 e. The first-order valence-electron chi connectivity index (χ1n) is 6.76. The van der Waals surface area contributed by atoms with Gasteiger partial charge in [-0.3, -0.25) is 4.79 Å². The summed E-state index contributed by atoms with van der Waals surface area (Å²) in [7, 11) is 0. The van der Waals surface area contributed by atoms with E-state index in [9.17, 15) is 9.18 Å². The number of carbonyl (C=O) groups excluding carboxylic acids is 1. The highest BCUT2D eigenvalue weighted by molar-refractivity contribution is 9.10. The predicted molar refractivity (Wildman–Crippen MR) is 77.6 cm³/mol. The summed E-state index contributed by atoms with van der Waals surface area (Å²) < 4.78 is 13.9. The molecular formula is C15H19BrFNO. The molecule has 1 aromatic rings. The van der Waals surface area contributed by atoms with Gasteiger partial charge in [0.2, 0.25) is 0 Å². The number of hydrogen-bond acceptors (Lipinski definition) is 2. The Labute approximate surface area is 121 Å². The topological polar surface area (TPSA) is 29.1 Å². The van der Waals surface area contributed by atoms with E-state index in [-0.39, 0.29) is 17.0 Å². The zero-order valence-corrected chi connectivity index (χ0v) is 12.7. The Morgan fingerprint density at radius 1 is 1.42 bits per heavy atom. The fraction of sp³-hybridized carbons (Fsp3) is 0.533. The summed E-state index contributed by atoms with van der Waals surface area (Å²) in [5, 5.41) is 3.29. The Kier molecular flexibility index (Phi) is 4.74. The second-order valence-corrected chi connectivity index (χ2v) is 5.99. The van der Waals surface area contributed by atoms with Crippen molar-refractivity contribution >= 4 is 21.7 Å². The maximum atomic E-state index is 13.5. The van der Waals surface area contributed by atoms with Gasteiger partial charge in [-0.25, -0.2) is 4.39 Å². The second-order valence-electron chi connectivity index (χ2n) is 5.20. The van der Waals surface area contributed by atoms with Crippen molar-refractivity contribution in [3.8, 4) is 0 Å². The third-order valence-corrected chi connectivity index (χ3v) is 5.10. The summed E-state index contributed by atoms with van der Waals surface area (Å²) in [5.74, 6) is -0.0658. The zero-order valence-electron chi connectivity index (χ0n) is 11.1. The van der Waals surface area contributed by atoms with Gasteiger partial charge in [-0.05, 0) is 59.9 Å². The Bertz CT molecular complexity index is 469. The molecule has 0 bridgehead atoms.